The molecule has 1 aliphatic heterocycles. The van der Waals surface area contributed by atoms with E-state index in [0.717, 1.165) is 6.08 Å². The van der Waals surface area contributed by atoms with Gasteiger partial charge >= 0.3 is 6.09 Å². The molecule has 42 heavy (non-hydrogen) atoms. The summed E-state index contributed by atoms with van der Waals surface area (Å²) in [6, 6.07) is 0. The molecule has 1 heterocycles. The minimum Gasteiger partial charge on any atom is -0.439 e. The Morgan fingerprint density at radius 1 is 1.07 bits per heavy atom. The zero-order valence-corrected chi connectivity index (χ0v) is 24.9. The van der Waals surface area contributed by atoms with Crippen LogP contribution in [0.2, 0.25) is 0 Å². The Labute approximate surface area is 245 Å². The van der Waals surface area contributed by atoms with Gasteiger partial charge in [-0.15, -0.1) is 0 Å². The van der Waals surface area contributed by atoms with E-state index in [1.54, 1.807) is 26.8 Å². The molecule has 4 N–H and O–H groups in total. The fraction of sp³-hybridized carbons (Fsp3) is 0.467. The quantitative estimate of drug-likeness (QED) is 0.329. The molecule has 12 heteroatoms. The first-order valence-electron chi connectivity index (χ1n) is 13.4. The van der Waals surface area contributed by atoms with Gasteiger partial charge in [-0.25, -0.2) is 4.79 Å². The third-order valence-corrected chi connectivity index (χ3v) is 6.89. The number of fused-ring (bicyclic) bond motifs is 2. The number of primary amides is 1. The Kier molecular flexibility index (Phi) is 12.3. The highest BCUT2D eigenvalue weighted by molar-refractivity contribution is 6.24. The van der Waals surface area contributed by atoms with Gasteiger partial charge < -0.3 is 30.6 Å². The van der Waals surface area contributed by atoms with Gasteiger partial charge in [-0.1, -0.05) is 38.2 Å². The van der Waals surface area contributed by atoms with Crippen LogP contribution in [-0.4, -0.2) is 67.8 Å². The predicted octanol–water partition coefficient (Wildman–Crippen LogP) is 2.11. The number of nitrogens with two attached hydrogens (primary N) is 1. The topological polar surface area (TPSA) is 180 Å². The summed E-state index contributed by atoms with van der Waals surface area (Å²) in [6.45, 7) is 7.84. The Bertz CT molecular complexity index is 1290. The van der Waals surface area contributed by atoms with Crippen molar-refractivity contribution in [2.24, 2.45) is 17.6 Å². The Balaban J connectivity index is 2.64. The third kappa shape index (κ3) is 8.92. The number of rotatable bonds is 4. The lowest BCUT2D eigenvalue weighted by molar-refractivity contribution is -0.132. The van der Waals surface area contributed by atoms with Gasteiger partial charge in [0.1, 0.15) is 12.2 Å². The molecule has 2 aliphatic rings. The van der Waals surface area contributed by atoms with E-state index in [0.29, 0.717) is 5.57 Å². The molecular weight excluding hydrogens is 546 g/mol. The summed E-state index contributed by atoms with van der Waals surface area (Å²) < 4.78 is 16.3. The average molecular weight is 586 g/mol. The van der Waals surface area contributed by atoms with E-state index in [-0.39, 0.29) is 47.1 Å². The zero-order chi connectivity index (χ0) is 31.7. The predicted molar refractivity (Wildman–Crippen MR) is 152 cm³/mol. The number of nitrogens with one attached hydrogen (secondary N) is 2. The second-order valence-electron chi connectivity index (χ2n) is 10.4. The largest absolute Gasteiger partial charge is 0.439 e. The summed E-state index contributed by atoms with van der Waals surface area (Å²) in [5, 5.41) is 4.91. The van der Waals surface area contributed by atoms with Gasteiger partial charge in [-0.2, -0.15) is 0 Å². The van der Waals surface area contributed by atoms with Crippen LogP contribution in [0, 0.1) is 11.8 Å². The maximum atomic E-state index is 13.5. The highest BCUT2D eigenvalue weighted by atomic mass is 16.6. The molecule has 12 nitrogen and oxygen atoms in total. The van der Waals surface area contributed by atoms with Crippen LogP contribution in [0.4, 0.5) is 4.79 Å². The molecule has 0 saturated heterocycles. The lowest BCUT2D eigenvalue weighted by atomic mass is 9.85. The summed E-state index contributed by atoms with van der Waals surface area (Å²) in [4.78, 5) is 76.2. The molecule has 5 atom stereocenters. The Morgan fingerprint density at radius 2 is 1.74 bits per heavy atom. The molecule has 0 radical (unpaired) electrons. The van der Waals surface area contributed by atoms with Crippen molar-refractivity contribution in [3.8, 4) is 0 Å². The number of ether oxygens (including phenoxy) is 3. The van der Waals surface area contributed by atoms with Crippen molar-refractivity contribution in [1.29, 1.82) is 0 Å². The number of allylic oxidation sites excluding steroid dienone is 5. The molecule has 0 aromatic heterocycles. The van der Waals surface area contributed by atoms with Gasteiger partial charge in [0.05, 0.1) is 11.4 Å². The van der Waals surface area contributed by atoms with E-state index < -0.39 is 53.7 Å². The van der Waals surface area contributed by atoms with E-state index in [2.05, 4.69) is 10.6 Å². The minimum absolute atomic E-state index is 0.0143. The van der Waals surface area contributed by atoms with E-state index in [1.807, 2.05) is 0 Å². The molecule has 0 unspecified atom stereocenters. The molecule has 1 aliphatic carbocycles. The number of methoxy groups -OCH3 is 2. The molecule has 2 bridgehead atoms. The molecule has 0 saturated carbocycles. The van der Waals surface area contributed by atoms with Crippen LogP contribution in [0.25, 0.3) is 0 Å². The van der Waals surface area contributed by atoms with Gasteiger partial charge in [-0.3, -0.25) is 24.0 Å². The number of carbonyl (C=O) groups is 6. The molecule has 0 fully saturated rings. The Morgan fingerprint density at radius 3 is 2.31 bits per heavy atom. The summed E-state index contributed by atoms with van der Waals surface area (Å²) in [5.74, 6) is -3.76. The summed E-state index contributed by atoms with van der Waals surface area (Å²) in [6.07, 6.45) is 3.56. The summed E-state index contributed by atoms with van der Waals surface area (Å²) in [7, 11) is 2.79. The van der Waals surface area contributed by atoms with E-state index in [1.165, 1.54) is 46.3 Å². The van der Waals surface area contributed by atoms with Gasteiger partial charge in [0, 0.05) is 44.3 Å². The van der Waals surface area contributed by atoms with Crippen molar-refractivity contribution in [3.05, 3.63) is 58.5 Å². The van der Waals surface area contributed by atoms with E-state index in [9.17, 15) is 28.8 Å². The lowest BCUT2D eigenvalue weighted by Gasteiger charge is -2.26. The number of carbonyl (C=O) groups excluding carboxylic acids is 6. The third-order valence-electron chi connectivity index (χ3n) is 6.89. The molecule has 0 aromatic rings. The highest BCUT2D eigenvalue weighted by Crippen LogP contribution is 2.27. The van der Waals surface area contributed by atoms with Crippen molar-refractivity contribution >= 4 is 35.3 Å². The molecule has 0 aromatic carbocycles. The van der Waals surface area contributed by atoms with Crippen LogP contribution in [0.3, 0.4) is 0 Å². The smallest absolute Gasteiger partial charge is 0.405 e. The molecule has 2 rings (SSSR count). The van der Waals surface area contributed by atoms with Crippen LogP contribution >= 0.6 is 0 Å². The first kappa shape index (κ1) is 34.0. The Hall–Kier alpha value is -4.16. The van der Waals surface area contributed by atoms with Crippen molar-refractivity contribution in [2.45, 2.75) is 65.8 Å². The maximum absolute atomic E-state index is 13.5. The highest BCUT2D eigenvalue weighted by Gasteiger charge is 2.33. The normalized spacial score (nSPS) is 29.9. The van der Waals surface area contributed by atoms with E-state index in [4.69, 9.17) is 19.9 Å². The maximum Gasteiger partial charge on any atom is 0.405 e. The van der Waals surface area contributed by atoms with Crippen molar-refractivity contribution < 1.29 is 43.0 Å². The number of Topliss-reactive ketones (excluding diaryl/α,β-unsaturated/α-hetero) is 2. The van der Waals surface area contributed by atoms with Crippen LogP contribution in [0.15, 0.2) is 58.5 Å². The van der Waals surface area contributed by atoms with E-state index >= 15 is 0 Å². The van der Waals surface area contributed by atoms with Crippen molar-refractivity contribution in [2.75, 3.05) is 14.2 Å². The SMILES string of the molecule is CO[C@H]1C[C@H](C)CC2=C(NC(C)=O)C(=O)C=C(NC(=O)/C(C)=C\C=C\[C@H](OC)[C@@H](OC(N)=O)/C(C)=C/[C@H](C)C1=O)C2=O. The molecular formula is C30H39N3O9. The van der Waals surface area contributed by atoms with Crippen LogP contribution in [0.1, 0.15) is 47.5 Å². The summed E-state index contributed by atoms with van der Waals surface area (Å²) in [5.41, 5.74) is 5.60. The zero-order valence-electron chi connectivity index (χ0n) is 24.9. The number of amides is 3. The van der Waals surface area contributed by atoms with Gasteiger partial charge in [-0.05, 0) is 38.2 Å². The number of ketones is 3. The first-order valence-corrected chi connectivity index (χ1v) is 13.4. The number of hydrogen-bond acceptors (Lipinski definition) is 9. The fourth-order valence-electron chi connectivity index (χ4n) is 4.74. The second kappa shape index (κ2) is 15.2. The van der Waals surface area contributed by atoms with Crippen LogP contribution in [0.5, 0.6) is 0 Å². The van der Waals surface area contributed by atoms with Crippen molar-refractivity contribution in [1.82, 2.24) is 10.6 Å². The van der Waals surface area contributed by atoms with Gasteiger partial charge in [0.15, 0.2) is 11.9 Å². The first-order chi connectivity index (χ1) is 19.7. The number of hydrogen-bond donors (Lipinski definition) is 3. The second-order valence-corrected chi connectivity index (χ2v) is 10.4. The fourth-order valence-corrected chi connectivity index (χ4v) is 4.74. The standard InChI is InChI=1S/C30H39N3O9/c1-15-11-20-25(32-19(5)34)22(35)14-21(27(20)37)33-29(38)16(2)9-8-10-23(40-6)28(42-30(31)39)18(4)13-17(3)26(36)24(12-15)41-7/h8-10,13-15,17,23-24,28H,11-12H2,1-7H3,(H2,31,39)(H,32,34)(H,33,38)/b10-8+,16-9-,18-13+/t15-,17+,23+,24+,28+/m1/s1. The molecule has 0 spiro atoms. The van der Waals surface area contributed by atoms with Gasteiger partial charge in [0.2, 0.25) is 17.5 Å². The summed E-state index contributed by atoms with van der Waals surface area (Å²) >= 11 is 0. The van der Waals surface area contributed by atoms with Crippen molar-refractivity contribution in [3.63, 3.8) is 0 Å². The van der Waals surface area contributed by atoms with Crippen LogP contribution in [-0.2, 0) is 38.2 Å². The molecule has 3 amide bonds. The monoisotopic (exact) mass is 585 g/mol. The molecule has 228 valence electrons. The minimum atomic E-state index is -1.04. The van der Waals surface area contributed by atoms with Crippen LogP contribution < -0.4 is 16.4 Å². The average Bonchev–Trinajstić information content (AvgIpc) is 2.91. The van der Waals surface area contributed by atoms with Gasteiger partial charge in [0.25, 0.3) is 5.91 Å². The lowest BCUT2D eigenvalue weighted by Crippen LogP contribution is -2.37.